The number of piperidine rings is 1. The van der Waals surface area contributed by atoms with Crippen molar-refractivity contribution in [3.05, 3.63) is 29.5 Å². The molecule has 8 heteroatoms. The molecule has 0 saturated carbocycles. The van der Waals surface area contributed by atoms with E-state index in [2.05, 4.69) is 12.2 Å². The van der Waals surface area contributed by atoms with Gasteiger partial charge in [0.2, 0.25) is 0 Å². The van der Waals surface area contributed by atoms with Crippen LogP contribution in [0.1, 0.15) is 19.8 Å². The number of benzene rings is 1. The van der Waals surface area contributed by atoms with Crippen molar-refractivity contribution >= 4 is 21.2 Å². The number of sulfone groups is 1. The van der Waals surface area contributed by atoms with E-state index in [9.17, 15) is 13.7 Å². The van der Waals surface area contributed by atoms with Crippen molar-refractivity contribution in [2.45, 2.75) is 24.7 Å². The SMILES string of the molecule is CC1CCN(c2cc(NC(C#N)=C(C#N)C#N)ccc2S(C)(=O)=O)CC1. The van der Waals surface area contributed by atoms with Crippen LogP contribution in [0.2, 0.25) is 0 Å². The lowest BCUT2D eigenvalue weighted by atomic mass is 9.99. The summed E-state index contributed by atoms with van der Waals surface area (Å²) in [6, 6.07) is 9.79. The van der Waals surface area contributed by atoms with Gasteiger partial charge in [-0.3, -0.25) is 0 Å². The van der Waals surface area contributed by atoms with Crippen LogP contribution in [0.15, 0.2) is 34.4 Å². The highest BCUT2D eigenvalue weighted by Crippen LogP contribution is 2.32. The van der Waals surface area contributed by atoms with Gasteiger partial charge in [-0.25, -0.2) is 8.42 Å². The number of rotatable bonds is 4. The molecule has 134 valence electrons. The number of nitrogens with zero attached hydrogens (tertiary/aromatic N) is 4. The summed E-state index contributed by atoms with van der Waals surface area (Å²) in [7, 11) is -3.42. The van der Waals surface area contributed by atoms with Gasteiger partial charge in [-0.2, -0.15) is 15.8 Å². The molecule has 0 atom stereocenters. The molecule has 1 saturated heterocycles. The second-order valence-corrected chi connectivity index (χ2v) is 8.32. The zero-order valence-electron chi connectivity index (χ0n) is 14.7. The summed E-state index contributed by atoms with van der Waals surface area (Å²) in [5, 5.41) is 29.8. The van der Waals surface area contributed by atoms with Crippen LogP contribution in [-0.2, 0) is 9.84 Å². The van der Waals surface area contributed by atoms with E-state index in [1.165, 1.54) is 12.1 Å². The van der Waals surface area contributed by atoms with Crippen LogP contribution in [0.5, 0.6) is 0 Å². The zero-order valence-corrected chi connectivity index (χ0v) is 15.5. The van der Waals surface area contributed by atoms with Gasteiger partial charge in [0.05, 0.1) is 10.6 Å². The maximum Gasteiger partial charge on any atom is 0.177 e. The van der Waals surface area contributed by atoms with E-state index in [0.29, 0.717) is 17.3 Å². The minimum absolute atomic E-state index is 0.166. The lowest BCUT2D eigenvalue weighted by Gasteiger charge is -2.33. The van der Waals surface area contributed by atoms with E-state index >= 15 is 0 Å². The summed E-state index contributed by atoms with van der Waals surface area (Å²) in [5.41, 5.74) is 0.524. The summed E-state index contributed by atoms with van der Waals surface area (Å²) >= 11 is 0. The average Bonchev–Trinajstić information content (AvgIpc) is 2.61. The zero-order chi connectivity index (χ0) is 19.3. The van der Waals surface area contributed by atoms with Crippen molar-refractivity contribution in [1.82, 2.24) is 0 Å². The summed E-state index contributed by atoms with van der Waals surface area (Å²) in [4.78, 5) is 2.24. The fourth-order valence-electron chi connectivity index (χ4n) is 2.83. The smallest absolute Gasteiger partial charge is 0.177 e. The van der Waals surface area contributed by atoms with Crippen LogP contribution in [0.25, 0.3) is 0 Å². The Kier molecular flexibility index (Phi) is 5.87. The molecular formula is C18H19N5O2S. The second kappa shape index (κ2) is 7.91. The maximum absolute atomic E-state index is 12.2. The third kappa shape index (κ3) is 4.33. The minimum Gasteiger partial charge on any atom is -0.370 e. The Bertz CT molecular complexity index is 937. The first kappa shape index (κ1) is 19.3. The van der Waals surface area contributed by atoms with Gasteiger partial charge in [0.25, 0.3) is 0 Å². The molecule has 1 aromatic carbocycles. The van der Waals surface area contributed by atoms with E-state index in [0.717, 1.165) is 32.2 Å². The van der Waals surface area contributed by atoms with Crippen molar-refractivity contribution in [3.63, 3.8) is 0 Å². The number of allylic oxidation sites excluding steroid dienone is 2. The number of nitrogens with one attached hydrogen (secondary N) is 1. The topological polar surface area (TPSA) is 121 Å². The second-order valence-electron chi connectivity index (χ2n) is 6.33. The predicted molar refractivity (Wildman–Crippen MR) is 97.7 cm³/mol. The predicted octanol–water partition coefficient (Wildman–Crippen LogP) is 2.56. The third-order valence-corrected chi connectivity index (χ3v) is 5.48. The number of nitriles is 3. The van der Waals surface area contributed by atoms with E-state index < -0.39 is 9.84 Å². The van der Waals surface area contributed by atoms with Crippen LogP contribution in [0.3, 0.4) is 0 Å². The van der Waals surface area contributed by atoms with Crippen molar-refractivity contribution in [2.24, 2.45) is 5.92 Å². The van der Waals surface area contributed by atoms with Crippen molar-refractivity contribution in [1.29, 1.82) is 15.8 Å². The normalized spacial score (nSPS) is 14.7. The molecule has 1 fully saturated rings. The molecule has 0 aliphatic carbocycles. The standard InChI is InChI=1S/C18H19N5O2S/c1-13-5-7-23(8-6-13)17-9-15(3-4-18(17)26(2,24)25)22-16(12-21)14(10-19)11-20/h3-4,9,13,22H,5-8H2,1-2H3. The quantitative estimate of drug-likeness (QED) is 0.809. The Morgan fingerprint density at radius 3 is 2.27 bits per heavy atom. The molecule has 1 aliphatic heterocycles. The molecule has 7 nitrogen and oxygen atoms in total. The number of hydrogen-bond acceptors (Lipinski definition) is 7. The molecule has 0 radical (unpaired) electrons. The van der Waals surface area contributed by atoms with E-state index in [-0.39, 0.29) is 16.2 Å². The molecule has 1 aliphatic rings. The van der Waals surface area contributed by atoms with Crippen LogP contribution < -0.4 is 10.2 Å². The van der Waals surface area contributed by atoms with Gasteiger partial charge >= 0.3 is 0 Å². The maximum atomic E-state index is 12.2. The first-order chi connectivity index (χ1) is 12.3. The molecule has 1 heterocycles. The highest BCUT2D eigenvalue weighted by atomic mass is 32.2. The van der Waals surface area contributed by atoms with Crippen LogP contribution in [0.4, 0.5) is 11.4 Å². The van der Waals surface area contributed by atoms with Crippen LogP contribution in [0, 0.1) is 39.9 Å². The molecule has 0 unspecified atom stereocenters. The number of anilines is 2. The Labute approximate surface area is 153 Å². The summed E-state index contributed by atoms with van der Waals surface area (Å²) in [6.45, 7) is 3.66. The third-order valence-electron chi connectivity index (χ3n) is 4.34. The van der Waals surface area contributed by atoms with E-state index in [4.69, 9.17) is 10.5 Å². The Balaban J connectivity index is 2.48. The van der Waals surface area contributed by atoms with Gasteiger partial charge in [-0.1, -0.05) is 6.92 Å². The fourth-order valence-corrected chi connectivity index (χ4v) is 3.72. The van der Waals surface area contributed by atoms with Gasteiger partial charge in [0, 0.05) is 25.0 Å². The lowest BCUT2D eigenvalue weighted by Crippen LogP contribution is -2.33. The molecule has 0 bridgehead atoms. The molecule has 26 heavy (non-hydrogen) atoms. The Hall–Kier alpha value is -3.02. The Morgan fingerprint density at radius 2 is 1.77 bits per heavy atom. The van der Waals surface area contributed by atoms with Gasteiger partial charge in [0.1, 0.15) is 23.9 Å². The van der Waals surface area contributed by atoms with Crippen molar-refractivity contribution < 1.29 is 8.42 Å². The van der Waals surface area contributed by atoms with Crippen molar-refractivity contribution in [2.75, 3.05) is 29.6 Å². The molecule has 1 aromatic rings. The molecule has 1 N–H and O–H groups in total. The molecule has 0 amide bonds. The minimum atomic E-state index is -3.42. The van der Waals surface area contributed by atoms with Gasteiger partial charge < -0.3 is 10.2 Å². The Morgan fingerprint density at radius 1 is 1.15 bits per heavy atom. The first-order valence-electron chi connectivity index (χ1n) is 8.10. The summed E-state index contributed by atoms with van der Waals surface area (Å²) in [6.07, 6.45) is 3.10. The van der Waals surface area contributed by atoms with Gasteiger partial charge in [-0.05, 0) is 37.0 Å². The monoisotopic (exact) mass is 369 g/mol. The average molecular weight is 369 g/mol. The van der Waals surface area contributed by atoms with Gasteiger partial charge in [-0.15, -0.1) is 0 Å². The fraction of sp³-hybridized carbons (Fsp3) is 0.389. The van der Waals surface area contributed by atoms with Crippen LogP contribution >= 0.6 is 0 Å². The lowest BCUT2D eigenvalue weighted by molar-refractivity contribution is 0.437. The molecule has 0 spiro atoms. The van der Waals surface area contributed by atoms with Crippen LogP contribution in [-0.4, -0.2) is 27.8 Å². The van der Waals surface area contributed by atoms with E-state index in [1.54, 1.807) is 24.3 Å². The first-order valence-corrected chi connectivity index (χ1v) is 10.00. The largest absolute Gasteiger partial charge is 0.370 e. The van der Waals surface area contributed by atoms with Crippen molar-refractivity contribution in [3.8, 4) is 18.2 Å². The number of hydrogen-bond donors (Lipinski definition) is 1. The van der Waals surface area contributed by atoms with E-state index in [1.807, 2.05) is 4.90 Å². The highest BCUT2D eigenvalue weighted by Gasteiger charge is 2.23. The molecule has 2 rings (SSSR count). The molecule has 0 aromatic heterocycles. The summed E-state index contributed by atoms with van der Waals surface area (Å²) < 4.78 is 24.3. The molecular weight excluding hydrogens is 350 g/mol. The summed E-state index contributed by atoms with van der Waals surface area (Å²) in [5.74, 6) is 0.594. The van der Waals surface area contributed by atoms with Gasteiger partial charge in [0.15, 0.2) is 15.4 Å². The highest BCUT2D eigenvalue weighted by molar-refractivity contribution is 7.90.